The van der Waals surface area contributed by atoms with E-state index in [0.29, 0.717) is 12.5 Å². The lowest BCUT2D eigenvalue weighted by molar-refractivity contribution is 0.724. The van der Waals surface area contributed by atoms with Crippen LogP contribution in [0.3, 0.4) is 0 Å². The fraction of sp³-hybridized carbons (Fsp3) is 0.200. The number of anilines is 1. The molecule has 0 fully saturated rings. The van der Waals surface area contributed by atoms with Crippen LogP contribution in [0.2, 0.25) is 0 Å². The third-order valence-corrected chi connectivity index (χ3v) is 3.88. The smallest absolute Gasteiger partial charge is 0.193 e. The van der Waals surface area contributed by atoms with Gasteiger partial charge in [-0.15, -0.1) is 24.0 Å². The van der Waals surface area contributed by atoms with Crippen molar-refractivity contribution in [3.05, 3.63) is 83.4 Å². The number of nitrogens with zero attached hydrogens (tertiary/aromatic N) is 3. The largest absolute Gasteiger partial charge is 0.370 e. The Morgan fingerprint density at radius 2 is 1.81 bits per heavy atom. The van der Waals surface area contributed by atoms with Crippen molar-refractivity contribution in [1.29, 1.82) is 0 Å². The number of rotatable bonds is 5. The van der Waals surface area contributed by atoms with Gasteiger partial charge in [0.25, 0.3) is 0 Å². The fourth-order valence-corrected chi connectivity index (χ4v) is 2.81. The molecular formula is C20H24IN5. The molecule has 3 rings (SSSR count). The SMILES string of the molecule is Cc1cc(C)cc(NC(N)=NCc2nccn2Cc2ccccc2)c1.I. The Balaban J connectivity index is 0.00000243. The van der Waals surface area contributed by atoms with E-state index >= 15 is 0 Å². The third kappa shape index (κ3) is 5.59. The number of nitrogens with two attached hydrogens (primary N) is 1. The molecule has 2 aromatic carbocycles. The molecule has 3 aromatic rings. The van der Waals surface area contributed by atoms with E-state index in [0.717, 1.165) is 18.1 Å². The summed E-state index contributed by atoms with van der Waals surface area (Å²) in [5.74, 6) is 1.27. The zero-order valence-corrected chi connectivity index (χ0v) is 17.3. The molecule has 0 unspecified atom stereocenters. The van der Waals surface area contributed by atoms with Crippen LogP contribution in [0.5, 0.6) is 0 Å². The molecule has 0 aliphatic carbocycles. The molecule has 1 heterocycles. The van der Waals surface area contributed by atoms with Gasteiger partial charge in [-0.2, -0.15) is 0 Å². The Labute approximate surface area is 171 Å². The Morgan fingerprint density at radius 1 is 1.12 bits per heavy atom. The molecule has 1 aromatic heterocycles. The van der Waals surface area contributed by atoms with E-state index in [1.54, 1.807) is 6.20 Å². The highest BCUT2D eigenvalue weighted by atomic mass is 127. The first-order valence-corrected chi connectivity index (χ1v) is 8.29. The number of aryl methyl sites for hydroxylation is 2. The minimum absolute atomic E-state index is 0. The average molecular weight is 461 g/mol. The minimum Gasteiger partial charge on any atom is -0.370 e. The zero-order valence-electron chi connectivity index (χ0n) is 15.0. The summed E-state index contributed by atoms with van der Waals surface area (Å²) >= 11 is 0. The van der Waals surface area contributed by atoms with Gasteiger partial charge < -0.3 is 15.6 Å². The Kier molecular flexibility index (Phi) is 7.20. The first kappa shape index (κ1) is 20.0. The van der Waals surface area contributed by atoms with Crippen LogP contribution in [0.25, 0.3) is 0 Å². The van der Waals surface area contributed by atoms with Gasteiger partial charge in [-0.1, -0.05) is 36.4 Å². The van der Waals surface area contributed by atoms with Crippen LogP contribution >= 0.6 is 24.0 Å². The predicted octanol–water partition coefficient (Wildman–Crippen LogP) is 4.09. The lowest BCUT2D eigenvalue weighted by Gasteiger charge is -2.09. The van der Waals surface area contributed by atoms with Gasteiger partial charge in [0.15, 0.2) is 5.96 Å². The number of guanidine groups is 1. The highest BCUT2D eigenvalue weighted by Crippen LogP contribution is 2.13. The van der Waals surface area contributed by atoms with Crippen LogP contribution < -0.4 is 11.1 Å². The number of halogens is 1. The summed E-state index contributed by atoms with van der Waals surface area (Å²) in [7, 11) is 0. The number of imidazole rings is 1. The molecule has 0 amide bonds. The van der Waals surface area contributed by atoms with Gasteiger partial charge in [-0.05, 0) is 42.7 Å². The first-order chi connectivity index (χ1) is 12.1. The molecular weight excluding hydrogens is 437 g/mol. The van der Waals surface area contributed by atoms with Gasteiger partial charge in [0.05, 0.1) is 0 Å². The van der Waals surface area contributed by atoms with Crippen molar-refractivity contribution in [3.8, 4) is 0 Å². The molecule has 6 heteroatoms. The molecule has 0 aliphatic rings. The van der Waals surface area contributed by atoms with Crippen LogP contribution in [0, 0.1) is 13.8 Å². The monoisotopic (exact) mass is 461 g/mol. The van der Waals surface area contributed by atoms with Crippen molar-refractivity contribution in [2.45, 2.75) is 26.9 Å². The molecule has 136 valence electrons. The van der Waals surface area contributed by atoms with Gasteiger partial charge in [0.1, 0.15) is 12.4 Å². The lowest BCUT2D eigenvalue weighted by Crippen LogP contribution is -2.23. The summed E-state index contributed by atoms with van der Waals surface area (Å²) in [6.07, 6.45) is 3.76. The molecule has 3 N–H and O–H groups in total. The topological polar surface area (TPSA) is 68.2 Å². The molecule has 0 aliphatic heterocycles. The summed E-state index contributed by atoms with van der Waals surface area (Å²) in [4.78, 5) is 8.82. The van der Waals surface area contributed by atoms with E-state index in [-0.39, 0.29) is 24.0 Å². The maximum absolute atomic E-state index is 6.03. The second kappa shape index (κ2) is 9.38. The molecule has 0 bridgehead atoms. The first-order valence-electron chi connectivity index (χ1n) is 8.29. The van der Waals surface area contributed by atoms with Gasteiger partial charge in [0, 0.05) is 24.6 Å². The standard InChI is InChI=1S/C20H23N5.HI/c1-15-10-16(2)12-18(11-15)24-20(21)23-13-19-22-8-9-25(19)14-17-6-4-3-5-7-17;/h3-12H,13-14H2,1-2H3,(H3,21,23,24);1H. The Morgan fingerprint density at radius 3 is 2.50 bits per heavy atom. The fourth-order valence-electron chi connectivity index (χ4n) is 2.81. The molecule has 0 saturated heterocycles. The quantitative estimate of drug-likeness (QED) is 0.342. The number of hydrogen-bond donors (Lipinski definition) is 2. The summed E-state index contributed by atoms with van der Waals surface area (Å²) < 4.78 is 2.09. The van der Waals surface area contributed by atoms with Crippen molar-refractivity contribution in [2.75, 3.05) is 5.32 Å². The Hall–Kier alpha value is -2.35. The van der Waals surface area contributed by atoms with Crippen molar-refractivity contribution < 1.29 is 0 Å². The molecule has 26 heavy (non-hydrogen) atoms. The number of nitrogens with one attached hydrogen (secondary N) is 1. The van der Waals surface area contributed by atoms with Crippen LogP contribution in [0.1, 0.15) is 22.5 Å². The maximum atomic E-state index is 6.03. The summed E-state index contributed by atoms with van der Waals surface area (Å²) in [6, 6.07) is 16.5. The lowest BCUT2D eigenvalue weighted by atomic mass is 10.1. The average Bonchev–Trinajstić information content (AvgIpc) is 3.00. The second-order valence-electron chi connectivity index (χ2n) is 6.16. The summed E-state index contributed by atoms with van der Waals surface area (Å²) in [5, 5.41) is 3.15. The number of aliphatic imine (C=N–C) groups is 1. The normalized spacial score (nSPS) is 11.1. The van der Waals surface area contributed by atoms with E-state index in [4.69, 9.17) is 5.73 Å². The highest BCUT2D eigenvalue weighted by Gasteiger charge is 2.04. The van der Waals surface area contributed by atoms with Gasteiger partial charge in [-0.3, -0.25) is 0 Å². The number of benzene rings is 2. The van der Waals surface area contributed by atoms with E-state index in [1.165, 1.54) is 16.7 Å². The molecule has 0 spiro atoms. The van der Waals surface area contributed by atoms with Crippen LogP contribution in [0.15, 0.2) is 65.9 Å². The Bertz CT molecular complexity index is 851. The van der Waals surface area contributed by atoms with E-state index in [1.807, 2.05) is 36.5 Å². The van der Waals surface area contributed by atoms with E-state index < -0.39 is 0 Å². The summed E-state index contributed by atoms with van der Waals surface area (Å²) in [5.41, 5.74) is 10.6. The minimum atomic E-state index is 0. The van der Waals surface area contributed by atoms with Crippen molar-refractivity contribution in [1.82, 2.24) is 9.55 Å². The van der Waals surface area contributed by atoms with Crippen LogP contribution in [-0.2, 0) is 13.1 Å². The van der Waals surface area contributed by atoms with E-state index in [2.05, 4.69) is 51.9 Å². The number of hydrogen-bond acceptors (Lipinski definition) is 2. The van der Waals surface area contributed by atoms with Gasteiger partial charge in [0.2, 0.25) is 0 Å². The predicted molar refractivity (Wildman–Crippen MR) is 118 cm³/mol. The molecule has 0 saturated carbocycles. The molecule has 0 atom stereocenters. The van der Waals surface area contributed by atoms with Crippen LogP contribution in [-0.4, -0.2) is 15.5 Å². The van der Waals surface area contributed by atoms with Crippen LogP contribution in [0.4, 0.5) is 5.69 Å². The molecule has 0 radical (unpaired) electrons. The molecule has 5 nitrogen and oxygen atoms in total. The maximum Gasteiger partial charge on any atom is 0.193 e. The van der Waals surface area contributed by atoms with Crippen molar-refractivity contribution in [3.63, 3.8) is 0 Å². The number of aromatic nitrogens is 2. The third-order valence-electron chi connectivity index (χ3n) is 3.88. The summed E-state index contributed by atoms with van der Waals surface area (Å²) in [6.45, 7) is 5.33. The van der Waals surface area contributed by atoms with Gasteiger partial charge in [-0.25, -0.2) is 9.98 Å². The van der Waals surface area contributed by atoms with Crippen molar-refractivity contribution in [2.24, 2.45) is 10.7 Å². The second-order valence-corrected chi connectivity index (χ2v) is 6.16. The van der Waals surface area contributed by atoms with Gasteiger partial charge >= 0.3 is 0 Å². The highest BCUT2D eigenvalue weighted by molar-refractivity contribution is 14.0. The van der Waals surface area contributed by atoms with E-state index in [9.17, 15) is 0 Å². The zero-order chi connectivity index (χ0) is 17.6. The van der Waals surface area contributed by atoms with Crippen molar-refractivity contribution >= 4 is 35.6 Å².